The minimum absolute atomic E-state index is 0.00962. The molecule has 2 aromatic rings. The number of benzene rings is 2. The summed E-state index contributed by atoms with van der Waals surface area (Å²) in [6.45, 7) is 1.61. The van der Waals surface area contributed by atoms with Gasteiger partial charge in [-0.25, -0.2) is 0 Å². The van der Waals surface area contributed by atoms with Gasteiger partial charge in [-0.15, -0.1) is 0 Å². The van der Waals surface area contributed by atoms with E-state index >= 15 is 0 Å². The second-order valence-electron chi connectivity index (χ2n) is 8.75. The first-order valence-electron chi connectivity index (χ1n) is 11.6. The Kier molecular flexibility index (Phi) is 8.00. The molecule has 0 unspecified atom stereocenters. The van der Waals surface area contributed by atoms with Crippen molar-refractivity contribution in [1.82, 2.24) is 0 Å². The molecule has 2 aliphatic heterocycles. The van der Waals surface area contributed by atoms with Crippen LogP contribution in [0.15, 0.2) is 36.4 Å². The minimum Gasteiger partial charge on any atom is -0.504 e. The van der Waals surface area contributed by atoms with Crippen molar-refractivity contribution < 1.29 is 49.2 Å². The van der Waals surface area contributed by atoms with Crippen LogP contribution in [0.3, 0.4) is 0 Å². The number of aliphatic hydroxyl groups excluding tert-OH is 4. The molecule has 1 saturated heterocycles. The second kappa shape index (κ2) is 11.0. The lowest BCUT2D eigenvalue weighted by atomic mass is 10.00. The summed E-state index contributed by atoms with van der Waals surface area (Å²) in [6, 6.07) is 10.4. The van der Waals surface area contributed by atoms with Crippen LogP contribution in [-0.2, 0) is 15.9 Å². The number of aliphatic hydroxyl groups is 4. The largest absolute Gasteiger partial charge is 0.504 e. The van der Waals surface area contributed by atoms with E-state index in [-0.39, 0.29) is 19.0 Å². The van der Waals surface area contributed by atoms with Crippen LogP contribution >= 0.6 is 0 Å². The molecule has 0 spiro atoms. The van der Waals surface area contributed by atoms with Gasteiger partial charge in [-0.1, -0.05) is 12.1 Å². The van der Waals surface area contributed by atoms with Gasteiger partial charge in [0.15, 0.2) is 41.5 Å². The third-order valence-electron chi connectivity index (χ3n) is 6.29. The summed E-state index contributed by atoms with van der Waals surface area (Å²) in [5.74, 6) is 1.36. The minimum atomic E-state index is -1.33. The Bertz CT molecular complexity index is 998. The van der Waals surface area contributed by atoms with E-state index < -0.39 is 42.9 Å². The zero-order valence-corrected chi connectivity index (χ0v) is 19.6. The Morgan fingerprint density at radius 3 is 2.49 bits per heavy atom. The monoisotopic (exact) mass is 492 g/mol. The molecule has 2 aliphatic rings. The van der Waals surface area contributed by atoms with E-state index in [0.717, 1.165) is 5.56 Å². The lowest BCUT2D eigenvalue weighted by Gasteiger charge is -2.38. The number of methoxy groups -OCH3 is 1. The van der Waals surface area contributed by atoms with Crippen molar-refractivity contribution in [3.63, 3.8) is 0 Å². The van der Waals surface area contributed by atoms with E-state index in [1.54, 1.807) is 25.1 Å². The Balaban J connectivity index is 1.36. The molecule has 192 valence electrons. The van der Waals surface area contributed by atoms with Crippen molar-refractivity contribution >= 4 is 0 Å². The van der Waals surface area contributed by atoms with Gasteiger partial charge in [-0.3, -0.25) is 0 Å². The molecule has 0 aromatic heterocycles. The highest BCUT2D eigenvalue weighted by molar-refractivity contribution is 5.47. The van der Waals surface area contributed by atoms with Crippen molar-refractivity contribution in [3.05, 3.63) is 47.5 Å². The number of rotatable bonds is 8. The summed E-state index contributed by atoms with van der Waals surface area (Å²) in [4.78, 5) is 0. The number of ether oxygens (including phenoxy) is 5. The molecule has 10 heteroatoms. The predicted octanol–water partition coefficient (Wildman–Crippen LogP) is 1.05. The summed E-state index contributed by atoms with van der Waals surface area (Å²) < 4.78 is 28.3. The van der Waals surface area contributed by atoms with Crippen molar-refractivity contribution in [3.8, 4) is 23.0 Å². The average molecular weight is 493 g/mol. The van der Waals surface area contributed by atoms with E-state index in [9.17, 15) is 25.5 Å². The molecule has 10 nitrogen and oxygen atoms in total. The van der Waals surface area contributed by atoms with E-state index in [4.69, 9.17) is 23.7 Å². The fourth-order valence-corrected chi connectivity index (χ4v) is 4.25. The van der Waals surface area contributed by atoms with E-state index in [1.165, 1.54) is 13.2 Å². The van der Waals surface area contributed by atoms with Gasteiger partial charge in [-0.2, -0.15) is 0 Å². The first kappa shape index (κ1) is 25.5. The SMILES string of the molecule is COc1cc([C@H]2Oc3ccc(CCCO[C@@H]4O[C@@H](C)[C@H](O)[C@@H](O)[C@H]4O)cc3O[C@@H]2CO)ccc1O. The van der Waals surface area contributed by atoms with Crippen LogP contribution in [0.2, 0.25) is 0 Å². The first-order valence-corrected chi connectivity index (χ1v) is 11.6. The number of aryl methyl sites for hydroxylation is 1. The molecule has 2 heterocycles. The van der Waals surface area contributed by atoms with Gasteiger partial charge in [0.05, 0.1) is 26.4 Å². The number of phenolic OH excluding ortho intramolecular Hbond substituents is 1. The van der Waals surface area contributed by atoms with Crippen molar-refractivity contribution in [1.29, 1.82) is 0 Å². The normalized spacial score (nSPS) is 30.2. The third-order valence-corrected chi connectivity index (χ3v) is 6.29. The lowest BCUT2D eigenvalue weighted by Crippen LogP contribution is -2.57. The zero-order valence-electron chi connectivity index (χ0n) is 19.6. The molecule has 0 aliphatic carbocycles. The molecule has 0 amide bonds. The molecule has 0 saturated carbocycles. The number of phenols is 1. The van der Waals surface area contributed by atoms with Crippen LogP contribution in [0.4, 0.5) is 0 Å². The van der Waals surface area contributed by atoms with Gasteiger partial charge < -0.3 is 49.2 Å². The second-order valence-corrected chi connectivity index (χ2v) is 8.75. The van der Waals surface area contributed by atoms with Crippen LogP contribution in [0.5, 0.6) is 23.0 Å². The lowest BCUT2D eigenvalue weighted by molar-refractivity contribution is -0.293. The first-order chi connectivity index (χ1) is 16.8. The molecular weight excluding hydrogens is 460 g/mol. The van der Waals surface area contributed by atoms with E-state index in [0.29, 0.717) is 35.7 Å². The fraction of sp³-hybridized carbons (Fsp3) is 0.520. The molecule has 0 bridgehead atoms. The van der Waals surface area contributed by atoms with E-state index in [1.807, 2.05) is 12.1 Å². The molecule has 1 fully saturated rings. The maximum absolute atomic E-state index is 10.0. The number of hydrogen-bond donors (Lipinski definition) is 5. The van der Waals surface area contributed by atoms with Gasteiger partial charge in [-0.05, 0) is 49.6 Å². The van der Waals surface area contributed by atoms with Crippen molar-refractivity contribution in [2.75, 3.05) is 20.3 Å². The Hall–Kier alpha value is -2.60. The Morgan fingerprint density at radius 2 is 1.74 bits per heavy atom. The van der Waals surface area contributed by atoms with Gasteiger partial charge in [0.1, 0.15) is 18.3 Å². The third kappa shape index (κ3) is 5.48. The molecular formula is C25H32O10. The smallest absolute Gasteiger partial charge is 0.186 e. The van der Waals surface area contributed by atoms with E-state index in [2.05, 4.69) is 0 Å². The summed E-state index contributed by atoms with van der Waals surface area (Å²) in [5, 5.41) is 49.4. The highest BCUT2D eigenvalue weighted by atomic mass is 16.7. The zero-order chi connectivity index (χ0) is 25.1. The summed E-state index contributed by atoms with van der Waals surface area (Å²) >= 11 is 0. The number of hydrogen-bond acceptors (Lipinski definition) is 10. The average Bonchev–Trinajstić information content (AvgIpc) is 2.87. The topological polar surface area (TPSA) is 147 Å². The fourth-order valence-electron chi connectivity index (χ4n) is 4.25. The van der Waals surface area contributed by atoms with Crippen molar-refractivity contribution in [2.24, 2.45) is 0 Å². The van der Waals surface area contributed by atoms with Crippen LogP contribution < -0.4 is 14.2 Å². The maximum atomic E-state index is 10.0. The van der Waals surface area contributed by atoms with Crippen LogP contribution in [0, 0.1) is 0 Å². The predicted molar refractivity (Wildman–Crippen MR) is 123 cm³/mol. The number of fused-ring (bicyclic) bond motifs is 1. The Labute approximate surface area is 203 Å². The molecule has 5 N–H and O–H groups in total. The molecule has 0 radical (unpaired) electrons. The summed E-state index contributed by atoms with van der Waals surface area (Å²) in [7, 11) is 1.46. The van der Waals surface area contributed by atoms with Crippen LogP contribution in [0.1, 0.15) is 30.6 Å². The molecule has 7 atom stereocenters. The molecule has 35 heavy (non-hydrogen) atoms. The molecule has 4 rings (SSSR count). The van der Waals surface area contributed by atoms with Gasteiger partial charge in [0.25, 0.3) is 0 Å². The number of aromatic hydroxyl groups is 1. The quantitative estimate of drug-likeness (QED) is 0.339. The van der Waals surface area contributed by atoms with Crippen LogP contribution in [-0.4, -0.2) is 82.7 Å². The highest BCUT2D eigenvalue weighted by Gasteiger charge is 2.42. The van der Waals surface area contributed by atoms with Gasteiger partial charge >= 0.3 is 0 Å². The maximum Gasteiger partial charge on any atom is 0.186 e. The standard InChI is InChI=1S/C25H32O10/c1-13-21(28)22(29)23(30)25(33-13)32-9-3-4-14-5-8-17-19(10-14)34-20(12-26)24(35-17)15-6-7-16(27)18(11-15)31-2/h5-8,10-11,13,20-30H,3-4,9,12H2,1-2H3/t13-,20+,21-,22+,23+,24+,25+/m0/s1. The van der Waals surface area contributed by atoms with Gasteiger partial charge in [0, 0.05) is 5.56 Å². The van der Waals surface area contributed by atoms with Gasteiger partial charge in [0.2, 0.25) is 0 Å². The summed E-state index contributed by atoms with van der Waals surface area (Å²) in [5.41, 5.74) is 1.66. The van der Waals surface area contributed by atoms with Crippen molar-refractivity contribution in [2.45, 2.75) is 62.7 Å². The Morgan fingerprint density at radius 1 is 0.943 bits per heavy atom. The summed E-state index contributed by atoms with van der Waals surface area (Å²) in [6.07, 6.45) is -5.46. The molecule has 2 aromatic carbocycles. The van der Waals surface area contributed by atoms with Crippen LogP contribution in [0.25, 0.3) is 0 Å². The highest BCUT2D eigenvalue weighted by Crippen LogP contribution is 2.41.